The number of benzene rings is 1. The summed E-state index contributed by atoms with van der Waals surface area (Å²) in [6, 6.07) is 11.7. The second-order valence-electron chi connectivity index (χ2n) is 8.52. The van der Waals surface area contributed by atoms with Gasteiger partial charge in [-0.15, -0.1) is 10.2 Å². The summed E-state index contributed by atoms with van der Waals surface area (Å²) in [6.07, 6.45) is 3.85. The summed E-state index contributed by atoms with van der Waals surface area (Å²) >= 11 is 1.33. The number of aryl methyl sites for hydroxylation is 1. The predicted molar refractivity (Wildman–Crippen MR) is 135 cm³/mol. The van der Waals surface area contributed by atoms with Gasteiger partial charge >= 0.3 is 0 Å². The maximum Gasteiger partial charge on any atom is 0.268 e. The van der Waals surface area contributed by atoms with E-state index in [1.807, 2.05) is 54.8 Å². The van der Waals surface area contributed by atoms with Gasteiger partial charge in [0.05, 0.1) is 12.8 Å². The molecular weight excluding hydrogens is 448 g/mol. The molecule has 1 N–H and O–H groups in total. The zero-order valence-corrected chi connectivity index (χ0v) is 20.6. The molecule has 0 unspecified atom stereocenters. The molecule has 0 aliphatic carbocycles. The molecule has 0 spiro atoms. The Morgan fingerprint density at radius 2 is 2.00 bits per heavy atom. The first-order chi connectivity index (χ1) is 16.4. The molecule has 1 aliphatic heterocycles. The zero-order chi connectivity index (χ0) is 24.2. The maximum atomic E-state index is 12.8. The zero-order valence-electron chi connectivity index (χ0n) is 19.8. The summed E-state index contributed by atoms with van der Waals surface area (Å²) in [5.41, 5.74) is 3.56. The van der Waals surface area contributed by atoms with Crippen molar-refractivity contribution in [2.24, 2.45) is 5.92 Å². The van der Waals surface area contributed by atoms with E-state index in [2.05, 4.69) is 27.3 Å². The van der Waals surface area contributed by atoms with Crippen LogP contribution in [0.5, 0.6) is 5.75 Å². The van der Waals surface area contributed by atoms with Gasteiger partial charge in [0.25, 0.3) is 5.91 Å². The van der Waals surface area contributed by atoms with Crippen LogP contribution in [-0.4, -0.2) is 40.9 Å². The SMILES string of the molecule is COc1ccccc1-n1c(C)cc(/C=C(/C#N)C(=O)Nc2nnc(N3CCC(C)CC3)s2)c1C. The molecule has 0 atom stereocenters. The third-order valence-corrected chi connectivity index (χ3v) is 7.05. The summed E-state index contributed by atoms with van der Waals surface area (Å²) in [5, 5.41) is 21.9. The minimum absolute atomic E-state index is 0.00354. The number of carbonyl (C=O) groups is 1. The van der Waals surface area contributed by atoms with Gasteiger partial charge in [-0.3, -0.25) is 10.1 Å². The van der Waals surface area contributed by atoms with Crippen LogP contribution in [0.2, 0.25) is 0 Å². The first kappa shape index (κ1) is 23.5. The molecule has 1 saturated heterocycles. The Kier molecular flexibility index (Phi) is 6.98. The van der Waals surface area contributed by atoms with Gasteiger partial charge in [0.15, 0.2) is 0 Å². The van der Waals surface area contributed by atoms with Crippen molar-refractivity contribution in [3.05, 3.63) is 52.9 Å². The molecule has 1 amide bonds. The molecule has 176 valence electrons. The molecule has 34 heavy (non-hydrogen) atoms. The van der Waals surface area contributed by atoms with Gasteiger partial charge in [-0.25, -0.2) is 0 Å². The Morgan fingerprint density at radius 1 is 1.26 bits per heavy atom. The third-order valence-electron chi connectivity index (χ3n) is 6.15. The van der Waals surface area contributed by atoms with Crippen molar-refractivity contribution in [2.75, 3.05) is 30.4 Å². The van der Waals surface area contributed by atoms with E-state index in [0.29, 0.717) is 5.13 Å². The van der Waals surface area contributed by atoms with Gasteiger partial charge in [0.1, 0.15) is 17.4 Å². The van der Waals surface area contributed by atoms with Crippen molar-refractivity contribution in [3.8, 4) is 17.5 Å². The number of hydrogen-bond donors (Lipinski definition) is 1. The van der Waals surface area contributed by atoms with Crippen LogP contribution in [0.25, 0.3) is 11.8 Å². The Bertz CT molecular complexity index is 1260. The van der Waals surface area contributed by atoms with Crippen LogP contribution in [0.1, 0.15) is 36.7 Å². The number of ether oxygens (including phenoxy) is 1. The lowest BCUT2D eigenvalue weighted by molar-refractivity contribution is -0.112. The minimum atomic E-state index is -0.500. The lowest BCUT2D eigenvalue weighted by Crippen LogP contribution is -2.32. The maximum absolute atomic E-state index is 12.8. The molecule has 4 rings (SSSR count). The highest BCUT2D eigenvalue weighted by Gasteiger charge is 2.21. The number of anilines is 2. The number of hydrogen-bond acceptors (Lipinski definition) is 7. The number of nitrogens with zero attached hydrogens (tertiary/aromatic N) is 5. The van der Waals surface area contributed by atoms with Crippen molar-refractivity contribution in [1.82, 2.24) is 14.8 Å². The van der Waals surface area contributed by atoms with Gasteiger partial charge < -0.3 is 14.2 Å². The van der Waals surface area contributed by atoms with Gasteiger partial charge in [-0.2, -0.15) is 5.26 Å². The molecular formula is C25H28N6O2S. The van der Waals surface area contributed by atoms with Gasteiger partial charge in [0, 0.05) is 24.5 Å². The Labute approximate surface area is 203 Å². The average molecular weight is 477 g/mol. The fraction of sp³-hybridized carbons (Fsp3) is 0.360. The predicted octanol–water partition coefficient (Wildman–Crippen LogP) is 4.74. The van der Waals surface area contributed by atoms with E-state index in [4.69, 9.17) is 4.74 Å². The number of rotatable bonds is 6. The van der Waals surface area contributed by atoms with Crippen molar-refractivity contribution in [1.29, 1.82) is 5.26 Å². The Balaban J connectivity index is 1.54. The number of carbonyl (C=O) groups excluding carboxylic acids is 1. The van der Waals surface area contributed by atoms with E-state index < -0.39 is 5.91 Å². The number of para-hydroxylation sites is 2. The van der Waals surface area contributed by atoms with E-state index in [0.717, 1.165) is 65.4 Å². The van der Waals surface area contributed by atoms with Gasteiger partial charge in [0.2, 0.25) is 10.3 Å². The molecule has 2 aromatic heterocycles. The van der Waals surface area contributed by atoms with Crippen LogP contribution in [-0.2, 0) is 4.79 Å². The van der Waals surface area contributed by atoms with Crippen LogP contribution in [0.3, 0.4) is 0 Å². The fourth-order valence-corrected chi connectivity index (χ4v) is 4.97. The number of nitrogens with one attached hydrogen (secondary N) is 1. The highest BCUT2D eigenvalue weighted by Crippen LogP contribution is 2.30. The van der Waals surface area contributed by atoms with Crippen LogP contribution in [0.4, 0.5) is 10.3 Å². The number of amides is 1. The monoisotopic (exact) mass is 476 g/mol. The van der Waals surface area contributed by atoms with Crippen LogP contribution >= 0.6 is 11.3 Å². The molecule has 0 bridgehead atoms. The highest BCUT2D eigenvalue weighted by atomic mass is 32.1. The van der Waals surface area contributed by atoms with E-state index >= 15 is 0 Å². The molecule has 1 aromatic carbocycles. The van der Waals surface area contributed by atoms with Gasteiger partial charge in [-0.1, -0.05) is 30.4 Å². The molecule has 1 aliphatic rings. The van der Waals surface area contributed by atoms with Crippen molar-refractivity contribution in [2.45, 2.75) is 33.6 Å². The van der Waals surface area contributed by atoms with Crippen LogP contribution < -0.4 is 15.0 Å². The molecule has 1 fully saturated rings. The largest absolute Gasteiger partial charge is 0.495 e. The van der Waals surface area contributed by atoms with E-state index in [1.165, 1.54) is 11.3 Å². The Morgan fingerprint density at radius 3 is 2.71 bits per heavy atom. The van der Waals surface area contributed by atoms with Gasteiger partial charge in [-0.05, 0) is 62.4 Å². The quantitative estimate of drug-likeness (QED) is 0.408. The smallest absolute Gasteiger partial charge is 0.268 e. The fourth-order valence-electron chi connectivity index (χ4n) is 4.18. The summed E-state index contributed by atoms with van der Waals surface area (Å²) in [7, 11) is 1.64. The molecule has 3 heterocycles. The summed E-state index contributed by atoms with van der Waals surface area (Å²) in [5.74, 6) is 0.962. The number of piperidine rings is 1. The van der Waals surface area contributed by atoms with Crippen LogP contribution in [0.15, 0.2) is 35.9 Å². The van der Waals surface area contributed by atoms with Crippen molar-refractivity contribution >= 4 is 33.6 Å². The lowest BCUT2D eigenvalue weighted by Gasteiger charge is -2.29. The van der Waals surface area contributed by atoms with E-state index in [1.54, 1.807) is 13.2 Å². The van der Waals surface area contributed by atoms with E-state index in [-0.39, 0.29) is 5.57 Å². The molecule has 0 saturated carbocycles. The Hall–Kier alpha value is -3.64. The second kappa shape index (κ2) is 10.1. The lowest BCUT2D eigenvalue weighted by atomic mass is 10.00. The molecule has 8 nitrogen and oxygen atoms in total. The second-order valence-corrected chi connectivity index (χ2v) is 9.47. The number of methoxy groups -OCH3 is 1. The summed E-state index contributed by atoms with van der Waals surface area (Å²) < 4.78 is 7.56. The standard InChI is InChI=1S/C25H28N6O2S/c1-16-9-11-30(12-10-16)25-29-28-24(34-25)27-23(32)20(15-26)14-19-13-17(2)31(18(19)3)21-7-5-6-8-22(21)33-4/h5-8,13-14,16H,9-12H2,1-4H3,(H,27,28,32)/b20-14-. The first-order valence-corrected chi connectivity index (χ1v) is 12.1. The molecule has 0 radical (unpaired) electrons. The van der Waals surface area contributed by atoms with Crippen molar-refractivity contribution < 1.29 is 9.53 Å². The van der Waals surface area contributed by atoms with E-state index in [9.17, 15) is 10.1 Å². The van der Waals surface area contributed by atoms with Crippen molar-refractivity contribution in [3.63, 3.8) is 0 Å². The normalized spacial score (nSPS) is 14.7. The third kappa shape index (κ3) is 4.82. The number of nitriles is 1. The molecule has 9 heteroatoms. The topological polar surface area (TPSA) is 96.1 Å². The summed E-state index contributed by atoms with van der Waals surface area (Å²) in [4.78, 5) is 15.0. The molecule has 3 aromatic rings. The minimum Gasteiger partial charge on any atom is -0.495 e. The summed E-state index contributed by atoms with van der Waals surface area (Å²) in [6.45, 7) is 8.07. The first-order valence-electron chi connectivity index (χ1n) is 11.2. The number of aromatic nitrogens is 3. The average Bonchev–Trinajstić information content (AvgIpc) is 3.41. The highest BCUT2D eigenvalue weighted by molar-refractivity contribution is 7.19. The van der Waals surface area contributed by atoms with Crippen LogP contribution in [0, 0.1) is 31.1 Å².